The van der Waals surface area contributed by atoms with Gasteiger partial charge in [-0.3, -0.25) is 0 Å². The fourth-order valence-corrected chi connectivity index (χ4v) is 3.54. The van der Waals surface area contributed by atoms with Crippen LogP contribution in [0.3, 0.4) is 0 Å². The van der Waals surface area contributed by atoms with Gasteiger partial charge in [-0.15, -0.1) is 0 Å². The molecule has 3 rings (SSSR count). The molecule has 1 heterocycles. The summed E-state index contributed by atoms with van der Waals surface area (Å²) in [5, 5.41) is 0. The van der Waals surface area contributed by atoms with Crippen LogP contribution < -0.4 is 0 Å². The maximum Gasteiger partial charge on any atom is 0.251 e. The molecular weight excluding hydrogens is 318 g/mol. The van der Waals surface area contributed by atoms with E-state index in [9.17, 15) is 17.6 Å². The largest absolute Gasteiger partial charge is 0.251 e. The summed E-state index contributed by atoms with van der Waals surface area (Å²) in [6.45, 7) is 2.18. The SMILES string of the molecule is CCC1CCC(c2ccc(-c3cc(F)c(F)nc3F)c(F)c2)CC1. The van der Waals surface area contributed by atoms with Crippen LogP contribution in [0.4, 0.5) is 17.6 Å². The molecule has 2 aromatic rings. The number of halogens is 4. The molecule has 0 N–H and O–H groups in total. The lowest BCUT2D eigenvalue weighted by molar-refractivity contribution is 0.318. The molecule has 1 fully saturated rings. The molecule has 0 aliphatic heterocycles. The van der Waals surface area contributed by atoms with E-state index in [1.54, 1.807) is 6.07 Å². The van der Waals surface area contributed by atoms with Crippen molar-refractivity contribution in [2.45, 2.75) is 44.9 Å². The number of pyridine rings is 1. The molecule has 1 aromatic heterocycles. The van der Waals surface area contributed by atoms with Crippen LogP contribution >= 0.6 is 0 Å². The van der Waals surface area contributed by atoms with Gasteiger partial charge in [0.05, 0.1) is 0 Å². The lowest BCUT2D eigenvalue weighted by Crippen LogP contribution is -2.12. The van der Waals surface area contributed by atoms with Crippen molar-refractivity contribution < 1.29 is 17.6 Å². The maximum atomic E-state index is 14.4. The number of aromatic nitrogens is 1. The van der Waals surface area contributed by atoms with Gasteiger partial charge in [0.25, 0.3) is 5.95 Å². The first-order chi connectivity index (χ1) is 11.5. The summed E-state index contributed by atoms with van der Waals surface area (Å²) in [6, 6.07) is 5.19. The third kappa shape index (κ3) is 3.30. The van der Waals surface area contributed by atoms with Gasteiger partial charge in [-0.2, -0.15) is 13.8 Å². The van der Waals surface area contributed by atoms with Crippen LogP contribution in [-0.4, -0.2) is 4.98 Å². The van der Waals surface area contributed by atoms with Crippen LogP contribution in [0.5, 0.6) is 0 Å². The summed E-state index contributed by atoms with van der Waals surface area (Å²) in [7, 11) is 0. The summed E-state index contributed by atoms with van der Waals surface area (Å²) < 4.78 is 54.4. The Balaban J connectivity index is 1.87. The smallest absolute Gasteiger partial charge is 0.206 e. The van der Waals surface area contributed by atoms with E-state index < -0.39 is 23.5 Å². The zero-order valence-corrected chi connectivity index (χ0v) is 13.5. The van der Waals surface area contributed by atoms with Gasteiger partial charge in [0, 0.05) is 11.1 Å². The van der Waals surface area contributed by atoms with E-state index in [1.807, 2.05) is 0 Å². The second kappa shape index (κ2) is 6.91. The van der Waals surface area contributed by atoms with Gasteiger partial charge in [0.2, 0.25) is 5.95 Å². The lowest BCUT2D eigenvalue weighted by atomic mass is 9.77. The van der Waals surface area contributed by atoms with E-state index in [0.717, 1.165) is 37.2 Å². The monoisotopic (exact) mass is 337 g/mol. The van der Waals surface area contributed by atoms with Crippen molar-refractivity contribution in [3.05, 3.63) is 53.4 Å². The Labute approximate surface area is 138 Å². The summed E-state index contributed by atoms with van der Waals surface area (Å²) in [5.74, 6) is -3.65. The molecule has 1 aliphatic carbocycles. The molecule has 5 heteroatoms. The van der Waals surface area contributed by atoms with Crippen LogP contribution in [0.25, 0.3) is 11.1 Å². The van der Waals surface area contributed by atoms with Crippen LogP contribution in [-0.2, 0) is 0 Å². The van der Waals surface area contributed by atoms with Gasteiger partial charge in [-0.1, -0.05) is 25.5 Å². The molecule has 0 unspecified atom stereocenters. The predicted octanol–water partition coefficient (Wildman–Crippen LogP) is 5.99. The van der Waals surface area contributed by atoms with E-state index in [-0.39, 0.29) is 11.1 Å². The molecule has 0 radical (unpaired) electrons. The molecule has 24 heavy (non-hydrogen) atoms. The van der Waals surface area contributed by atoms with Gasteiger partial charge >= 0.3 is 0 Å². The average Bonchev–Trinajstić information content (AvgIpc) is 2.58. The quantitative estimate of drug-likeness (QED) is 0.495. The number of nitrogens with zero attached hydrogens (tertiary/aromatic N) is 1. The zero-order chi connectivity index (χ0) is 17.3. The first-order valence-electron chi connectivity index (χ1n) is 8.31. The van der Waals surface area contributed by atoms with Gasteiger partial charge < -0.3 is 0 Å². The Morgan fingerprint density at radius 3 is 2.21 bits per heavy atom. The highest BCUT2D eigenvalue weighted by atomic mass is 19.2. The predicted molar refractivity (Wildman–Crippen MR) is 84.5 cm³/mol. The highest BCUT2D eigenvalue weighted by Gasteiger charge is 2.23. The Morgan fingerprint density at radius 2 is 1.58 bits per heavy atom. The summed E-state index contributed by atoms with van der Waals surface area (Å²) in [4.78, 5) is 2.85. The van der Waals surface area contributed by atoms with Crippen molar-refractivity contribution >= 4 is 0 Å². The van der Waals surface area contributed by atoms with Crippen molar-refractivity contribution in [2.75, 3.05) is 0 Å². The van der Waals surface area contributed by atoms with Crippen molar-refractivity contribution in [3.63, 3.8) is 0 Å². The highest BCUT2D eigenvalue weighted by Crippen LogP contribution is 2.38. The second-order valence-corrected chi connectivity index (χ2v) is 6.46. The van der Waals surface area contributed by atoms with Crippen LogP contribution in [0.15, 0.2) is 24.3 Å². The molecular formula is C19H19F4N. The first kappa shape index (κ1) is 16.9. The average molecular weight is 337 g/mol. The number of hydrogen-bond acceptors (Lipinski definition) is 1. The maximum absolute atomic E-state index is 14.4. The summed E-state index contributed by atoms with van der Waals surface area (Å²) in [6.07, 6.45) is 5.46. The standard InChI is InChI=1S/C19H19F4N/c1-2-11-3-5-12(6-4-11)13-7-8-14(16(20)9-13)15-10-17(21)19(23)24-18(15)22/h7-12H,2-6H2,1H3. The molecule has 1 saturated carbocycles. The molecule has 0 amide bonds. The highest BCUT2D eigenvalue weighted by molar-refractivity contribution is 5.64. The van der Waals surface area contributed by atoms with E-state index in [2.05, 4.69) is 11.9 Å². The molecule has 1 nitrogen and oxygen atoms in total. The third-order valence-corrected chi connectivity index (χ3v) is 5.07. The minimum atomic E-state index is -1.53. The van der Waals surface area contributed by atoms with Crippen LogP contribution in [0.1, 0.15) is 50.5 Å². The second-order valence-electron chi connectivity index (χ2n) is 6.46. The Bertz CT molecular complexity index is 736. The van der Waals surface area contributed by atoms with Gasteiger partial charge in [-0.05, 0) is 55.2 Å². The lowest BCUT2D eigenvalue weighted by Gasteiger charge is -2.28. The normalized spacial score (nSPS) is 21.0. The number of hydrogen-bond donors (Lipinski definition) is 0. The van der Waals surface area contributed by atoms with Gasteiger partial charge in [-0.25, -0.2) is 8.78 Å². The Hall–Kier alpha value is -1.91. The Morgan fingerprint density at radius 1 is 0.875 bits per heavy atom. The van der Waals surface area contributed by atoms with Crippen molar-refractivity contribution in [1.82, 2.24) is 4.98 Å². The molecule has 128 valence electrons. The third-order valence-electron chi connectivity index (χ3n) is 5.07. The molecule has 1 aliphatic rings. The Kier molecular flexibility index (Phi) is 4.88. The fourth-order valence-electron chi connectivity index (χ4n) is 3.54. The van der Waals surface area contributed by atoms with Crippen molar-refractivity contribution in [1.29, 1.82) is 0 Å². The summed E-state index contributed by atoms with van der Waals surface area (Å²) in [5.41, 5.74) is 0.402. The molecule has 0 saturated heterocycles. The molecule has 0 bridgehead atoms. The first-order valence-corrected chi connectivity index (χ1v) is 8.31. The van der Waals surface area contributed by atoms with Gasteiger partial charge in [0.1, 0.15) is 5.82 Å². The number of rotatable bonds is 3. The van der Waals surface area contributed by atoms with Gasteiger partial charge in [0.15, 0.2) is 5.82 Å². The fraction of sp³-hybridized carbons (Fsp3) is 0.421. The van der Waals surface area contributed by atoms with E-state index in [1.165, 1.54) is 18.6 Å². The number of benzene rings is 1. The zero-order valence-electron chi connectivity index (χ0n) is 13.5. The van der Waals surface area contributed by atoms with E-state index >= 15 is 0 Å². The van der Waals surface area contributed by atoms with Crippen molar-refractivity contribution in [3.8, 4) is 11.1 Å². The van der Waals surface area contributed by atoms with E-state index in [0.29, 0.717) is 12.0 Å². The minimum Gasteiger partial charge on any atom is -0.206 e. The van der Waals surface area contributed by atoms with Crippen LogP contribution in [0.2, 0.25) is 0 Å². The molecule has 1 aromatic carbocycles. The van der Waals surface area contributed by atoms with E-state index in [4.69, 9.17) is 0 Å². The molecule has 0 spiro atoms. The minimum absolute atomic E-state index is 0.107. The topological polar surface area (TPSA) is 12.9 Å². The van der Waals surface area contributed by atoms with Crippen molar-refractivity contribution in [2.24, 2.45) is 5.92 Å². The summed E-state index contributed by atoms with van der Waals surface area (Å²) >= 11 is 0. The van der Waals surface area contributed by atoms with Crippen LogP contribution in [0, 0.1) is 29.4 Å². The molecule has 0 atom stereocenters.